The number of rotatable bonds is 7. The van der Waals surface area contributed by atoms with E-state index in [0.29, 0.717) is 17.7 Å². The lowest BCUT2D eigenvalue weighted by Gasteiger charge is -2.11. The standard InChI is InChI=1S/C26H20N2O7/c1-3-33-23-15-17(14-21-26(30)35-24(27-21)19-6-4-5-16(2)13-19)7-12-22(23)34-25(29)18-8-10-20(11-9-18)28(31)32/h4-15H,3H2,1-2H3/b21-14-. The molecule has 4 rings (SSSR count). The summed E-state index contributed by atoms with van der Waals surface area (Å²) < 4.78 is 16.4. The highest BCUT2D eigenvalue weighted by atomic mass is 16.6. The van der Waals surface area contributed by atoms with Crippen LogP contribution in [0.3, 0.4) is 0 Å². The van der Waals surface area contributed by atoms with Crippen molar-refractivity contribution in [2.75, 3.05) is 6.61 Å². The van der Waals surface area contributed by atoms with Gasteiger partial charge in [-0.15, -0.1) is 0 Å². The van der Waals surface area contributed by atoms with E-state index in [4.69, 9.17) is 14.2 Å². The molecule has 9 heteroatoms. The van der Waals surface area contributed by atoms with Crippen molar-refractivity contribution in [1.29, 1.82) is 0 Å². The number of carbonyl (C=O) groups is 2. The van der Waals surface area contributed by atoms with Crippen LogP contribution in [0.2, 0.25) is 0 Å². The Labute approximate surface area is 200 Å². The fourth-order valence-electron chi connectivity index (χ4n) is 3.31. The van der Waals surface area contributed by atoms with Gasteiger partial charge in [-0.3, -0.25) is 10.1 Å². The zero-order chi connectivity index (χ0) is 24.9. The number of nitrogens with zero attached hydrogens (tertiary/aromatic N) is 2. The molecule has 3 aromatic carbocycles. The number of aliphatic imine (C=N–C) groups is 1. The Morgan fingerprint density at radius 2 is 1.86 bits per heavy atom. The highest BCUT2D eigenvalue weighted by Crippen LogP contribution is 2.31. The van der Waals surface area contributed by atoms with Crippen LogP contribution in [0, 0.1) is 17.0 Å². The molecule has 0 unspecified atom stereocenters. The molecule has 3 aromatic rings. The molecular formula is C26H20N2O7. The normalized spacial score (nSPS) is 13.8. The number of nitro groups is 1. The van der Waals surface area contributed by atoms with Gasteiger partial charge in [0.1, 0.15) is 0 Å². The predicted molar refractivity (Wildman–Crippen MR) is 127 cm³/mol. The summed E-state index contributed by atoms with van der Waals surface area (Å²) in [7, 11) is 0. The molecule has 0 bridgehead atoms. The molecule has 0 aromatic heterocycles. The maximum atomic E-state index is 12.5. The van der Waals surface area contributed by atoms with E-state index < -0.39 is 16.9 Å². The van der Waals surface area contributed by atoms with Crippen molar-refractivity contribution in [2.24, 2.45) is 4.99 Å². The number of benzene rings is 3. The van der Waals surface area contributed by atoms with Crippen LogP contribution in [0.15, 0.2) is 77.4 Å². The number of cyclic esters (lactones) is 1. The average molecular weight is 472 g/mol. The van der Waals surface area contributed by atoms with Crippen LogP contribution in [0.4, 0.5) is 5.69 Å². The molecule has 0 spiro atoms. The van der Waals surface area contributed by atoms with Gasteiger partial charge in [-0.25, -0.2) is 14.6 Å². The minimum atomic E-state index is -0.696. The van der Waals surface area contributed by atoms with Gasteiger partial charge in [-0.2, -0.15) is 0 Å². The first kappa shape index (κ1) is 23.4. The quantitative estimate of drug-likeness (QED) is 0.158. The van der Waals surface area contributed by atoms with Crippen LogP contribution in [0.5, 0.6) is 11.5 Å². The number of ether oxygens (including phenoxy) is 3. The summed E-state index contributed by atoms with van der Waals surface area (Å²) in [6, 6.07) is 17.3. The van der Waals surface area contributed by atoms with E-state index in [2.05, 4.69) is 4.99 Å². The van der Waals surface area contributed by atoms with Crippen molar-refractivity contribution in [2.45, 2.75) is 13.8 Å². The van der Waals surface area contributed by atoms with Crippen molar-refractivity contribution in [3.63, 3.8) is 0 Å². The Hall–Kier alpha value is -4.79. The molecule has 0 N–H and O–H groups in total. The number of non-ortho nitro benzene ring substituents is 1. The van der Waals surface area contributed by atoms with Crippen LogP contribution < -0.4 is 9.47 Å². The van der Waals surface area contributed by atoms with Crippen molar-refractivity contribution in [1.82, 2.24) is 0 Å². The monoisotopic (exact) mass is 472 g/mol. The molecule has 0 aliphatic carbocycles. The SMILES string of the molecule is CCOc1cc(/C=C2\N=C(c3cccc(C)c3)OC2=O)ccc1OC(=O)c1ccc([N+](=O)[O-])cc1. The summed E-state index contributed by atoms with van der Waals surface area (Å²) in [6.07, 6.45) is 1.55. The van der Waals surface area contributed by atoms with E-state index in [9.17, 15) is 19.7 Å². The Kier molecular flexibility index (Phi) is 6.68. The van der Waals surface area contributed by atoms with Gasteiger partial charge < -0.3 is 14.2 Å². The predicted octanol–water partition coefficient (Wildman–Crippen LogP) is 4.87. The molecule has 176 valence electrons. The molecule has 9 nitrogen and oxygen atoms in total. The van der Waals surface area contributed by atoms with Crippen molar-refractivity contribution >= 4 is 29.6 Å². The van der Waals surface area contributed by atoms with E-state index in [-0.39, 0.29) is 34.3 Å². The molecule has 0 saturated heterocycles. The summed E-state index contributed by atoms with van der Waals surface area (Å²) in [5, 5.41) is 10.8. The maximum Gasteiger partial charge on any atom is 0.363 e. The number of nitro benzene ring substituents is 1. The second-order valence-corrected chi connectivity index (χ2v) is 7.54. The summed E-state index contributed by atoms with van der Waals surface area (Å²) in [4.78, 5) is 39.4. The van der Waals surface area contributed by atoms with Crippen LogP contribution in [-0.2, 0) is 9.53 Å². The molecule has 1 heterocycles. The Morgan fingerprint density at radius 1 is 1.09 bits per heavy atom. The largest absolute Gasteiger partial charge is 0.490 e. The molecule has 0 amide bonds. The first-order valence-corrected chi connectivity index (χ1v) is 10.7. The topological polar surface area (TPSA) is 117 Å². The lowest BCUT2D eigenvalue weighted by molar-refractivity contribution is -0.384. The van der Waals surface area contributed by atoms with E-state index in [0.717, 1.165) is 5.56 Å². The van der Waals surface area contributed by atoms with Crippen molar-refractivity contribution in [3.8, 4) is 11.5 Å². The van der Waals surface area contributed by atoms with Gasteiger partial charge in [0.05, 0.1) is 17.1 Å². The van der Waals surface area contributed by atoms with Crippen LogP contribution in [0.25, 0.3) is 6.08 Å². The van der Waals surface area contributed by atoms with Gasteiger partial charge in [0.15, 0.2) is 17.2 Å². The highest BCUT2D eigenvalue weighted by Gasteiger charge is 2.24. The van der Waals surface area contributed by atoms with Crippen LogP contribution >= 0.6 is 0 Å². The number of aryl methyl sites for hydroxylation is 1. The lowest BCUT2D eigenvalue weighted by atomic mass is 10.1. The summed E-state index contributed by atoms with van der Waals surface area (Å²) in [6.45, 7) is 4.02. The minimum Gasteiger partial charge on any atom is -0.490 e. The molecule has 0 fully saturated rings. The third-order valence-corrected chi connectivity index (χ3v) is 4.97. The van der Waals surface area contributed by atoms with Gasteiger partial charge in [0.2, 0.25) is 5.90 Å². The molecule has 1 aliphatic heterocycles. The summed E-state index contributed by atoms with van der Waals surface area (Å²) in [5.41, 5.74) is 2.44. The molecule has 0 saturated carbocycles. The molecule has 35 heavy (non-hydrogen) atoms. The van der Waals surface area contributed by atoms with Crippen LogP contribution in [-0.4, -0.2) is 29.4 Å². The number of hydrogen-bond acceptors (Lipinski definition) is 8. The zero-order valence-corrected chi connectivity index (χ0v) is 18.9. The van der Waals surface area contributed by atoms with Crippen molar-refractivity contribution < 1.29 is 28.7 Å². The average Bonchev–Trinajstić information content (AvgIpc) is 3.21. The Morgan fingerprint density at radius 3 is 2.54 bits per heavy atom. The smallest absolute Gasteiger partial charge is 0.363 e. The second-order valence-electron chi connectivity index (χ2n) is 7.54. The number of esters is 2. The van der Waals surface area contributed by atoms with Gasteiger partial charge >= 0.3 is 11.9 Å². The molecule has 1 aliphatic rings. The second kappa shape index (κ2) is 10.0. The molecular weight excluding hydrogens is 452 g/mol. The van der Waals surface area contributed by atoms with Gasteiger partial charge in [0, 0.05) is 17.7 Å². The maximum absolute atomic E-state index is 12.5. The van der Waals surface area contributed by atoms with E-state index in [1.165, 1.54) is 30.3 Å². The first-order valence-electron chi connectivity index (χ1n) is 10.7. The van der Waals surface area contributed by atoms with E-state index in [1.807, 2.05) is 31.2 Å². The Balaban J connectivity index is 1.57. The summed E-state index contributed by atoms with van der Waals surface area (Å²) >= 11 is 0. The zero-order valence-electron chi connectivity index (χ0n) is 18.9. The number of hydrogen-bond donors (Lipinski definition) is 0. The first-order chi connectivity index (χ1) is 16.8. The summed E-state index contributed by atoms with van der Waals surface area (Å²) in [5.74, 6) is -0.600. The fraction of sp³-hybridized carbons (Fsp3) is 0.115. The van der Waals surface area contributed by atoms with Crippen LogP contribution in [0.1, 0.15) is 34.0 Å². The van der Waals surface area contributed by atoms with E-state index >= 15 is 0 Å². The number of carbonyl (C=O) groups excluding carboxylic acids is 2. The fourth-order valence-corrected chi connectivity index (χ4v) is 3.31. The highest BCUT2D eigenvalue weighted by molar-refractivity contribution is 6.12. The third-order valence-electron chi connectivity index (χ3n) is 4.97. The molecule has 0 radical (unpaired) electrons. The molecule has 0 atom stereocenters. The minimum absolute atomic E-state index is 0.125. The van der Waals surface area contributed by atoms with Gasteiger partial charge in [-0.1, -0.05) is 23.8 Å². The lowest BCUT2D eigenvalue weighted by Crippen LogP contribution is -2.10. The van der Waals surface area contributed by atoms with Gasteiger partial charge in [0.25, 0.3) is 5.69 Å². The third kappa shape index (κ3) is 5.41. The van der Waals surface area contributed by atoms with Gasteiger partial charge in [-0.05, 0) is 61.9 Å². The Bertz CT molecular complexity index is 1370. The van der Waals surface area contributed by atoms with E-state index in [1.54, 1.807) is 25.1 Å². The van der Waals surface area contributed by atoms with Crippen molar-refractivity contribution in [3.05, 3.63) is 105 Å².